The summed E-state index contributed by atoms with van der Waals surface area (Å²) in [6.07, 6.45) is 13.4. The number of hydrogen-bond donors (Lipinski definition) is 0. The van der Waals surface area contributed by atoms with Gasteiger partial charge in [-0.1, -0.05) is 0 Å². The van der Waals surface area contributed by atoms with Gasteiger partial charge < -0.3 is 0 Å². The molecule has 0 aromatic heterocycles. The SMILES string of the molecule is CCCCCC(=O)O[TeH](CCCC)(CCCC)(OC(=O)CCCCC)C1([SiH3])CCCCO1. The average Bonchev–Trinajstić information content (AvgIpc) is 2.77. The van der Waals surface area contributed by atoms with Crippen molar-refractivity contribution in [2.45, 2.75) is 136 Å². The van der Waals surface area contributed by atoms with Gasteiger partial charge in [0.1, 0.15) is 0 Å². The quantitative estimate of drug-likeness (QED) is 0.160. The zero-order valence-electron chi connectivity index (χ0n) is 21.7. The predicted octanol–water partition coefficient (Wildman–Crippen LogP) is 5.76. The van der Waals surface area contributed by atoms with Gasteiger partial charge in [-0.05, 0) is 0 Å². The average molecular weight is 588 g/mol. The first-order chi connectivity index (χ1) is 15.3. The Morgan fingerprint density at radius 2 is 1.25 bits per heavy atom. The summed E-state index contributed by atoms with van der Waals surface area (Å²) in [7, 11) is 0.730. The molecule has 0 N–H and O–H groups in total. The molecular formula is C25H52O5SiTe. The molecule has 0 aromatic carbocycles. The van der Waals surface area contributed by atoms with Crippen molar-refractivity contribution in [3.63, 3.8) is 0 Å². The van der Waals surface area contributed by atoms with Crippen LogP contribution in [0.25, 0.3) is 0 Å². The first-order valence-corrected chi connectivity index (χ1v) is 21.4. The molecule has 192 valence electrons. The van der Waals surface area contributed by atoms with E-state index in [1.165, 1.54) is 0 Å². The third-order valence-corrected chi connectivity index (χ3v) is 32.1. The summed E-state index contributed by atoms with van der Waals surface area (Å²) in [6, 6.07) is 0. The van der Waals surface area contributed by atoms with E-state index in [4.69, 9.17) is 10.9 Å². The zero-order valence-corrected chi connectivity index (χ0v) is 26.3. The van der Waals surface area contributed by atoms with E-state index in [-0.39, 0.29) is 11.9 Å². The molecule has 1 fully saturated rings. The van der Waals surface area contributed by atoms with Gasteiger partial charge in [-0.15, -0.1) is 0 Å². The van der Waals surface area contributed by atoms with E-state index in [0.717, 1.165) is 103 Å². The second-order valence-electron chi connectivity index (χ2n) is 9.79. The summed E-state index contributed by atoms with van der Waals surface area (Å²) >= 11 is -4.83. The molecule has 0 aromatic rings. The molecule has 0 radical (unpaired) electrons. The van der Waals surface area contributed by atoms with Gasteiger partial charge in [-0.2, -0.15) is 0 Å². The Bertz CT molecular complexity index is 527. The van der Waals surface area contributed by atoms with Gasteiger partial charge in [0, 0.05) is 0 Å². The van der Waals surface area contributed by atoms with E-state index in [0.29, 0.717) is 19.4 Å². The Balaban J connectivity index is 3.46. The second kappa shape index (κ2) is 15.0. The van der Waals surface area contributed by atoms with Crippen LogP contribution in [0.15, 0.2) is 0 Å². The van der Waals surface area contributed by atoms with Crippen LogP contribution in [0.1, 0.15) is 124 Å². The predicted molar refractivity (Wildman–Crippen MR) is 140 cm³/mol. The van der Waals surface area contributed by atoms with E-state index in [1.54, 1.807) is 0 Å². The van der Waals surface area contributed by atoms with Crippen LogP contribution in [0, 0.1) is 0 Å². The maximum atomic E-state index is 13.3. The minimum absolute atomic E-state index is 0.154. The number of unbranched alkanes of at least 4 members (excludes halogenated alkanes) is 6. The van der Waals surface area contributed by atoms with Crippen LogP contribution in [-0.4, -0.2) is 49.7 Å². The van der Waals surface area contributed by atoms with Crippen LogP contribution in [0.3, 0.4) is 0 Å². The van der Waals surface area contributed by atoms with Gasteiger partial charge in [-0.25, -0.2) is 0 Å². The molecule has 5 nitrogen and oxygen atoms in total. The molecule has 1 heterocycles. The van der Waals surface area contributed by atoms with E-state index >= 15 is 0 Å². The molecule has 1 atom stereocenters. The fourth-order valence-electron chi connectivity index (χ4n) is 4.85. The van der Waals surface area contributed by atoms with Crippen LogP contribution in [0.4, 0.5) is 0 Å². The Morgan fingerprint density at radius 3 is 1.62 bits per heavy atom. The molecule has 1 aliphatic rings. The van der Waals surface area contributed by atoms with Crippen molar-refractivity contribution in [2.75, 3.05) is 6.61 Å². The fourth-order valence-corrected chi connectivity index (χ4v) is 26.9. The van der Waals surface area contributed by atoms with E-state index in [9.17, 15) is 9.59 Å². The Morgan fingerprint density at radius 1 is 0.781 bits per heavy atom. The molecule has 1 aliphatic heterocycles. The van der Waals surface area contributed by atoms with Gasteiger partial charge in [0.2, 0.25) is 0 Å². The first-order valence-electron chi connectivity index (χ1n) is 13.4. The van der Waals surface area contributed by atoms with Gasteiger partial charge in [-0.3, -0.25) is 0 Å². The first kappa shape index (κ1) is 29.9. The molecule has 7 heteroatoms. The number of hydrogen-bond acceptors (Lipinski definition) is 5. The van der Waals surface area contributed by atoms with Crippen LogP contribution in [0.5, 0.6) is 0 Å². The van der Waals surface area contributed by atoms with Crippen molar-refractivity contribution in [3.8, 4) is 0 Å². The molecule has 0 saturated carbocycles. The molecule has 1 unspecified atom stereocenters. The topological polar surface area (TPSA) is 61.8 Å². The van der Waals surface area contributed by atoms with Crippen molar-refractivity contribution in [1.82, 2.24) is 0 Å². The maximum absolute atomic E-state index is 13.3. The van der Waals surface area contributed by atoms with Crippen molar-refractivity contribution in [1.29, 1.82) is 0 Å². The zero-order chi connectivity index (χ0) is 24.0. The molecule has 1 saturated heterocycles. The molecule has 0 aliphatic carbocycles. The van der Waals surface area contributed by atoms with Gasteiger partial charge in [0.15, 0.2) is 0 Å². The fraction of sp³-hybridized carbons (Fsp3) is 0.920. The van der Waals surface area contributed by atoms with Crippen molar-refractivity contribution in [2.24, 2.45) is 0 Å². The van der Waals surface area contributed by atoms with Crippen LogP contribution >= 0.6 is 0 Å². The Kier molecular flexibility index (Phi) is 14.0. The van der Waals surface area contributed by atoms with E-state index < -0.39 is 20.9 Å². The minimum atomic E-state index is -4.83. The molecule has 0 spiro atoms. The summed E-state index contributed by atoms with van der Waals surface area (Å²) in [5.74, 6) is -0.309. The normalized spacial score (nSPS) is 20.4. The summed E-state index contributed by atoms with van der Waals surface area (Å²) in [5.41, 5.74) is 0. The molecular weight excluding hydrogens is 536 g/mol. The number of ether oxygens (including phenoxy) is 1. The van der Waals surface area contributed by atoms with Gasteiger partial charge in [0.25, 0.3) is 0 Å². The molecule has 1 rings (SSSR count). The summed E-state index contributed by atoms with van der Waals surface area (Å²) in [5, 5.41) is 0. The molecule has 0 bridgehead atoms. The number of carbonyl (C=O) groups excluding carboxylic acids is 2. The molecule has 32 heavy (non-hydrogen) atoms. The van der Waals surface area contributed by atoms with Crippen LogP contribution in [0.2, 0.25) is 8.94 Å². The third-order valence-electron chi connectivity index (χ3n) is 7.03. The second-order valence-corrected chi connectivity index (χ2v) is 27.7. The van der Waals surface area contributed by atoms with E-state index in [2.05, 4.69) is 27.7 Å². The van der Waals surface area contributed by atoms with Gasteiger partial charge >= 0.3 is 203 Å². The summed E-state index contributed by atoms with van der Waals surface area (Å²) in [6.45, 7) is 9.29. The van der Waals surface area contributed by atoms with E-state index in [1.807, 2.05) is 0 Å². The number of rotatable bonds is 17. The van der Waals surface area contributed by atoms with Crippen LogP contribution in [-0.2, 0) is 20.5 Å². The standard InChI is InChI=1S/C25H52O5SiTe/c1-5-9-13-17-23(26)29-32(21-11-7-3,22-12-8-4,25(31)19-15-16-20-28-25)30-24(27)18-14-10-6-2/h32H,5-22H2,1-4,31H3. The Labute approximate surface area is 202 Å². The van der Waals surface area contributed by atoms with Crippen molar-refractivity contribution < 1.29 is 20.5 Å². The van der Waals surface area contributed by atoms with Crippen molar-refractivity contribution >= 4 is 39.8 Å². The van der Waals surface area contributed by atoms with Crippen molar-refractivity contribution in [3.05, 3.63) is 0 Å². The van der Waals surface area contributed by atoms with Crippen LogP contribution < -0.4 is 0 Å². The third kappa shape index (κ3) is 8.00. The summed E-state index contributed by atoms with van der Waals surface area (Å²) in [4.78, 5) is 26.6. The summed E-state index contributed by atoms with van der Waals surface area (Å²) < 4.78 is 21.0. The molecule has 0 amide bonds. The van der Waals surface area contributed by atoms with Gasteiger partial charge in [0.05, 0.1) is 0 Å². The number of carbonyl (C=O) groups is 2. The monoisotopic (exact) mass is 590 g/mol. The Hall–Kier alpha value is -0.0935.